The van der Waals surface area contributed by atoms with Gasteiger partial charge in [-0.2, -0.15) is 0 Å². The average Bonchev–Trinajstić information content (AvgIpc) is 2.66. The molecule has 2 rings (SSSR count). The molecule has 0 radical (unpaired) electrons. The molecule has 1 heterocycles. The number of aliphatic carboxylic acids is 1. The maximum Gasteiger partial charge on any atom is 0.323 e. The minimum absolute atomic E-state index is 0.292. The molecule has 0 aromatic heterocycles. The topological polar surface area (TPSA) is 66.8 Å². The smallest absolute Gasteiger partial charge is 0.323 e. The van der Waals surface area contributed by atoms with Crippen molar-refractivity contribution in [3.05, 3.63) is 27.7 Å². The van der Waals surface area contributed by atoms with Crippen molar-refractivity contribution in [3.8, 4) is 5.75 Å². The van der Waals surface area contributed by atoms with Crippen molar-refractivity contribution in [2.45, 2.75) is 12.5 Å². The van der Waals surface area contributed by atoms with E-state index in [0.29, 0.717) is 23.7 Å². The molecule has 0 saturated carbocycles. The number of halogens is 2. The van der Waals surface area contributed by atoms with Gasteiger partial charge in [-0.1, -0.05) is 11.6 Å². The van der Waals surface area contributed by atoms with Crippen LogP contribution >= 0.6 is 27.5 Å². The van der Waals surface area contributed by atoms with Crippen LogP contribution in [-0.2, 0) is 9.59 Å². The Bertz CT molecular complexity index is 522. The highest BCUT2D eigenvalue weighted by molar-refractivity contribution is 9.10. The van der Waals surface area contributed by atoms with Gasteiger partial charge in [-0.25, -0.2) is 0 Å². The normalized spacial score (nSPS) is 18.7. The number of carbonyl (C=O) groups excluding carboxylic acids is 1. The number of nitrogens with zero attached hydrogens (tertiary/aromatic N) is 1. The van der Waals surface area contributed by atoms with Gasteiger partial charge in [0.05, 0.1) is 5.02 Å². The van der Waals surface area contributed by atoms with Crippen LogP contribution in [0.1, 0.15) is 6.42 Å². The van der Waals surface area contributed by atoms with Gasteiger partial charge in [0, 0.05) is 17.4 Å². The summed E-state index contributed by atoms with van der Waals surface area (Å²) >= 11 is 9.20. The lowest BCUT2D eigenvalue weighted by Crippen LogP contribution is -2.35. The van der Waals surface area contributed by atoms with Gasteiger partial charge in [0.25, 0.3) is 5.91 Å². The Morgan fingerprint density at radius 3 is 2.95 bits per heavy atom. The van der Waals surface area contributed by atoms with Crippen molar-refractivity contribution in [1.82, 2.24) is 4.90 Å². The van der Waals surface area contributed by atoms with Gasteiger partial charge in [-0.15, -0.1) is 0 Å². The fraction of sp³-hybridized carbons (Fsp3) is 0.333. The van der Waals surface area contributed by atoms with E-state index in [4.69, 9.17) is 21.4 Å². The Hall–Kier alpha value is -1.27. The Labute approximate surface area is 123 Å². The molecule has 0 bridgehead atoms. The summed E-state index contributed by atoms with van der Waals surface area (Å²) in [5.74, 6) is -0.842. The fourth-order valence-electron chi connectivity index (χ4n) is 1.85. The lowest BCUT2D eigenvalue weighted by atomic mass is 10.3. The quantitative estimate of drug-likeness (QED) is 0.905. The fourth-order valence-corrected chi connectivity index (χ4v) is 2.27. The van der Waals surface area contributed by atoms with Crippen LogP contribution in [0.5, 0.6) is 5.75 Å². The van der Waals surface area contributed by atoms with Crippen LogP contribution in [0.4, 0.5) is 0 Å². The summed E-state index contributed by atoms with van der Waals surface area (Å²) in [7, 11) is 0. The van der Waals surface area contributed by atoms with E-state index in [-0.39, 0.29) is 12.5 Å². The lowest BCUT2D eigenvalue weighted by molar-refractivity contribution is -0.144. The summed E-state index contributed by atoms with van der Waals surface area (Å²) in [5, 5.41) is 9.17. The van der Waals surface area contributed by atoms with Crippen molar-refractivity contribution in [1.29, 1.82) is 0 Å². The molecule has 1 unspecified atom stereocenters. The number of hydrogen-bond donors (Lipinski definition) is 1. The number of carbonyl (C=O) groups is 2. The zero-order chi connectivity index (χ0) is 14.0. The van der Waals surface area contributed by atoms with Gasteiger partial charge in [0.15, 0.2) is 6.10 Å². The highest BCUT2D eigenvalue weighted by atomic mass is 79.9. The molecule has 102 valence electrons. The Morgan fingerprint density at radius 2 is 2.32 bits per heavy atom. The molecule has 19 heavy (non-hydrogen) atoms. The Kier molecular flexibility index (Phi) is 4.31. The largest absolute Gasteiger partial charge is 0.480 e. The van der Waals surface area contributed by atoms with Crippen molar-refractivity contribution in [2.24, 2.45) is 0 Å². The van der Waals surface area contributed by atoms with E-state index in [1.165, 1.54) is 4.90 Å². The monoisotopic (exact) mass is 347 g/mol. The number of carboxylic acid groups (broad SMARTS) is 1. The van der Waals surface area contributed by atoms with Gasteiger partial charge in [0.2, 0.25) is 0 Å². The number of ether oxygens (including phenoxy) is 1. The van der Waals surface area contributed by atoms with E-state index in [1.54, 1.807) is 18.2 Å². The number of carboxylic acids is 1. The summed E-state index contributed by atoms with van der Waals surface area (Å²) in [6.07, 6.45) is -0.170. The predicted octanol–water partition coefficient (Wildman–Crippen LogP) is 2.17. The summed E-state index contributed by atoms with van der Waals surface area (Å²) in [5.41, 5.74) is 0. The first-order valence-electron chi connectivity index (χ1n) is 5.59. The van der Waals surface area contributed by atoms with Gasteiger partial charge in [-0.3, -0.25) is 9.59 Å². The van der Waals surface area contributed by atoms with Gasteiger partial charge in [-0.05, 0) is 34.1 Å². The molecule has 1 aromatic carbocycles. The van der Waals surface area contributed by atoms with Crippen LogP contribution < -0.4 is 4.74 Å². The zero-order valence-corrected chi connectivity index (χ0v) is 12.1. The highest BCUT2D eigenvalue weighted by Gasteiger charge is 2.34. The zero-order valence-electron chi connectivity index (χ0n) is 9.81. The van der Waals surface area contributed by atoms with Crippen LogP contribution in [0, 0.1) is 0 Å². The minimum Gasteiger partial charge on any atom is -0.480 e. The molecule has 1 aromatic rings. The van der Waals surface area contributed by atoms with E-state index in [2.05, 4.69) is 15.9 Å². The summed E-state index contributed by atoms with van der Waals surface area (Å²) in [4.78, 5) is 23.8. The Morgan fingerprint density at radius 1 is 1.58 bits per heavy atom. The third kappa shape index (κ3) is 3.39. The average molecular weight is 349 g/mol. The van der Waals surface area contributed by atoms with E-state index in [9.17, 15) is 9.59 Å². The molecule has 1 aliphatic heterocycles. The van der Waals surface area contributed by atoms with E-state index >= 15 is 0 Å². The molecule has 1 saturated heterocycles. The Balaban J connectivity index is 2.02. The molecule has 1 aliphatic rings. The maximum atomic E-state index is 11.9. The highest BCUT2D eigenvalue weighted by Crippen LogP contribution is 2.28. The third-order valence-corrected chi connectivity index (χ3v) is 3.98. The number of hydrogen-bond acceptors (Lipinski definition) is 3. The summed E-state index contributed by atoms with van der Waals surface area (Å²) in [6.45, 7) is 0.0971. The lowest BCUT2D eigenvalue weighted by Gasteiger charge is -2.15. The predicted molar refractivity (Wildman–Crippen MR) is 72.4 cm³/mol. The van der Waals surface area contributed by atoms with Crippen LogP contribution in [0.2, 0.25) is 5.02 Å². The molecule has 7 heteroatoms. The first-order valence-corrected chi connectivity index (χ1v) is 6.77. The first-order chi connectivity index (χ1) is 8.97. The molecule has 0 spiro atoms. The van der Waals surface area contributed by atoms with E-state index < -0.39 is 12.1 Å². The molecule has 1 N–H and O–H groups in total. The van der Waals surface area contributed by atoms with Crippen LogP contribution in [0.25, 0.3) is 0 Å². The van der Waals surface area contributed by atoms with Gasteiger partial charge in [0.1, 0.15) is 12.3 Å². The second kappa shape index (κ2) is 5.79. The third-order valence-electron chi connectivity index (χ3n) is 2.74. The maximum absolute atomic E-state index is 11.9. The van der Waals surface area contributed by atoms with Crippen molar-refractivity contribution >= 4 is 39.4 Å². The van der Waals surface area contributed by atoms with Gasteiger partial charge >= 0.3 is 5.97 Å². The van der Waals surface area contributed by atoms with Crippen molar-refractivity contribution < 1.29 is 19.4 Å². The van der Waals surface area contributed by atoms with E-state index in [0.717, 1.165) is 4.47 Å². The van der Waals surface area contributed by atoms with E-state index in [1.807, 2.05) is 0 Å². The molecule has 1 atom stereocenters. The van der Waals surface area contributed by atoms with Crippen LogP contribution in [-0.4, -0.2) is 41.1 Å². The molecule has 0 aliphatic carbocycles. The number of likely N-dealkylation sites (tertiary alicyclic amines) is 1. The molecular weight excluding hydrogens is 337 g/mol. The standard InChI is InChI=1S/C12H11BrClNO4/c13-8-2-1-7(5-9(8)14)19-10-3-4-15(12(10)18)6-11(16)17/h1-2,5,10H,3-4,6H2,(H,16,17). The SMILES string of the molecule is O=C(O)CN1CCC(Oc2ccc(Br)c(Cl)c2)C1=O. The number of benzene rings is 1. The van der Waals surface area contributed by atoms with Crippen LogP contribution in [0.15, 0.2) is 22.7 Å². The number of rotatable bonds is 4. The minimum atomic E-state index is -1.03. The second-order valence-electron chi connectivity index (χ2n) is 4.12. The van der Waals surface area contributed by atoms with Crippen molar-refractivity contribution in [3.63, 3.8) is 0 Å². The molecule has 5 nitrogen and oxygen atoms in total. The van der Waals surface area contributed by atoms with Gasteiger partial charge < -0.3 is 14.7 Å². The van der Waals surface area contributed by atoms with Crippen molar-refractivity contribution in [2.75, 3.05) is 13.1 Å². The summed E-state index contributed by atoms with van der Waals surface area (Å²) in [6, 6.07) is 5.04. The first kappa shape index (κ1) is 14.1. The van der Waals surface area contributed by atoms with Crippen LogP contribution in [0.3, 0.4) is 0 Å². The number of amides is 1. The second-order valence-corrected chi connectivity index (χ2v) is 5.39. The molecular formula is C12H11BrClNO4. The molecule has 1 amide bonds. The summed E-state index contributed by atoms with van der Waals surface area (Å²) < 4.78 is 6.29. The molecule has 1 fully saturated rings.